The third-order valence-corrected chi connectivity index (χ3v) is 1.48. The summed E-state index contributed by atoms with van der Waals surface area (Å²) in [6, 6.07) is 3.56. The smallest absolute Gasteiger partial charge is 0.198 e. The van der Waals surface area contributed by atoms with Gasteiger partial charge in [0.15, 0.2) is 17.6 Å². The maximum absolute atomic E-state index is 5.01. The van der Waals surface area contributed by atoms with Crippen LogP contribution in [0.4, 0.5) is 0 Å². The lowest BCUT2D eigenvalue weighted by Gasteiger charge is -1.95. The van der Waals surface area contributed by atoms with Gasteiger partial charge in [-0.25, -0.2) is 10.9 Å². The average Bonchev–Trinajstić information content (AvgIpc) is 2.51. The summed E-state index contributed by atoms with van der Waals surface area (Å²) in [5.74, 6) is 4.90. The third-order valence-electron chi connectivity index (χ3n) is 1.48. The molecule has 0 amide bonds. The van der Waals surface area contributed by atoms with E-state index in [1.165, 1.54) is 6.39 Å². The van der Waals surface area contributed by atoms with Gasteiger partial charge in [-0.05, 0) is 12.1 Å². The largest absolute Gasteiger partial charge is 0.442 e. The lowest BCUT2D eigenvalue weighted by molar-refractivity contribution is 0.121. The Morgan fingerprint density at radius 1 is 1.50 bits per heavy atom. The maximum Gasteiger partial charge on any atom is 0.198 e. The van der Waals surface area contributed by atoms with E-state index in [1.54, 1.807) is 12.1 Å². The van der Waals surface area contributed by atoms with E-state index in [0.29, 0.717) is 11.2 Å². The minimum atomic E-state index is 0.281. The molecule has 0 spiro atoms. The number of oxazole rings is 1. The molecular formula is C7H7N3O2. The van der Waals surface area contributed by atoms with Gasteiger partial charge in [0, 0.05) is 0 Å². The molecule has 0 aliphatic carbocycles. The van der Waals surface area contributed by atoms with Crippen LogP contribution in [-0.4, -0.2) is 9.97 Å². The fourth-order valence-corrected chi connectivity index (χ4v) is 0.958. The highest BCUT2D eigenvalue weighted by molar-refractivity contribution is 5.66. The highest BCUT2D eigenvalue weighted by atomic mass is 16.6. The molecule has 0 radical (unpaired) electrons. The number of hydrogen-bond donors (Lipinski definition) is 1. The molecule has 0 atom stereocenters. The molecule has 0 saturated carbocycles. The second-order valence-corrected chi connectivity index (χ2v) is 2.29. The van der Waals surface area contributed by atoms with E-state index in [9.17, 15) is 0 Å². The summed E-state index contributed by atoms with van der Waals surface area (Å²) in [5.41, 5.74) is 1.97. The molecular weight excluding hydrogens is 158 g/mol. The van der Waals surface area contributed by atoms with Gasteiger partial charge < -0.3 is 4.42 Å². The first-order valence-corrected chi connectivity index (χ1v) is 3.41. The highest BCUT2D eigenvalue weighted by Crippen LogP contribution is 2.09. The van der Waals surface area contributed by atoms with Crippen LogP contribution in [0.1, 0.15) is 5.69 Å². The lowest BCUT2D eigenvalue weighted by Crippen LogP contribution is -2.00. The summed E-state index contributed by atoms with van der Waals surface area (Å²) in [7, 11) is 0. The van der Waals surface area contributed by atoms with Crippen molar-refractivity contribution < 1.29 is 9.25 Å². The molecule has 62 valence electrons. The molecule has 0 aliphatic heterocycles. The van der Waals surface area contributed by atoms with Gasteiger partial charge in [0.05, 0.1) is 5.69 Å². The van der Waals surface area contributed by atoms with E-state index in [2.05, 4.69) is 14.8 Å². The summed E-state index contributed by atoms with van der Waals surface area (Å²) >= 11 is 0. The first kappa shape index (κ1) is 7.20. The number of hydrogen-bond acceptors (Lipinski definition) is 5. The lowest BCUT2D eigenvalue weighted by atomic mass is 10.3. The molecule has 2 N–H and O–H groups in total. The Balaban J connectivity index is 2.46. The van der Waals surface area contributed by atoms with Crippen molar-refractivity contribution in [2.24, 2.45) is 5.90 Å². The molecule has 0 aliphatic rings. The zero-order chi connectivity index (χ0) is 8.39. The molecule has 0 bridgehead atoms. The van der Waals surface area contributed by atoms with Crippen LogP contribution in [0, 0.1) is 0 Å². The molecule has 2 heterocycles. The Kier molecular flexibility index (Phi) is 1.73. The Hall–Kier alpha value is -1.46. The third kappa shape index (κ3) is 1.15. The molecule has 2 rings (SSSR count). The van der Waals surface area contributed by atoms with Crippen LogP contribution < -0.4 is 5.90 Å². The first-order chi connectivity index (χ1) is 5.90. The zero-order valence-corrected chi connectivity index (χ0v) is 6.23. The van der Waals surface area contributed by atoms with E-state index in [1.807, 2.05) is 0 Å². The van der Waals surface area contributed by atoms with Crippen LogP contribution in [0.15, 0.2) is 22.9 Å². The topological polar surface area (TPSA) is 74.2 Å². The van der Waals surface area contributed by atoms with Crippen molar-refractivity contribution in [2.75, 3.05) is 0 Å². The zero-order valence-electron chi connectivity index (χ0n) is 6.23. The van der Waals surface area contributed by atoms with Gasteiger partial charge >= 0.3 is 0 Å². The minimum Gasteiger partial charge on any atom is -0.442 e. The van der Waals surface area contributed by atoms with Gasteiger partial charge in [-0.3, -0.25) is 4.84 Å². The van der Waals surface area contributed by atoms with E-state index >= 15 is 0 Å². The fourth-order valence-electron chi connectivity index (χ4n) is 0.958. The van der Waals surface area contributed by atoms with Gasteiger partial charge in [0.1, 0.15) is 6.61 Å². The second kappa shape index (κ2) is 2.88. The fraction of sp³-hybridized carbons (Fsp3) is 0.143. The van der Waals surface area contributed by atoms with Crippen molar-refractivity contribution >= 4 is 11.2 Å². The quantitative estimate of drug-likeness (QED) is 0.660. The summed E-state index contributed by atoms with van der Waals surface area (Å²) in [4.78, 5) is 12.4. The molecule has 12 heavy (non-hydrogen) atoms. The molecule has 5 nitrogen and oxygen atoms in total. The van der Waals surface area contributed by atoms with Gasteiger partial charge in [0.25, 0.3) is 0 Å². The number of pyridine rings is 1. The van der Waals surface area contributed by atoms with Gasteiger partial charge in [-0.2, -0.15) is 4.98 Å². The van der Waals surface area contributed by atoms with Gasteiger partial charge in [-0.15, -0.1) is 0 Å². The molecule has 2 aromatic heterocycles. The van der Waals surface area contributed by atoms with Gasteiger partial charge in [0.2, 0.25) is 0 Å². The predicted molar refractivity (Wildman–Crippen MR) is 40.8 cm³/mol. The van der Waals surface area contributed by atoms with Crippen molar-refractivity contribution in [3.8, 4) is 0 Å². The van der Waals surface area contributed by atoms with Crippen molar-refractivity contribution in [1.82, 2.24) is 9.97 Å². The summed E-state index contributed by atoms with van der Waals surface area (Å²) in [5, 5.41) is 0. The van der Waals surface area contributed by atoms with Gasteiger partial charge in [-0.1, -0.05) is 0 Å². The van der Waals surface area contributed by atoms with E-state index in [4.69, 9.17) is 10.3 Å². The predicted octanol–water partition coefficient (Wildman–Crippen LogP) is 0.613. The van der Waals surface area contributed by atoms with Crippen LogP contribution in [0.3, 0.4) is 0 Å². The van der Waals surface area contributed by atoms with E-state index in [-0.39, 0.29) is 6.61 Å². The van der Waals surface area contributed by atoms with Crippen molar-refractivity contribution in [3.05, 3.63) is 24.2 Å². The molecule has 0 aromatic carbocycles. The molecule has 0 unspecified atom stereocenters. The van der Waals surface area contributed by atoms with Crippen molar-refractivity contribution in [1.29, 1.82) is 0 Å². The summed E-state index contributed by atoms with van der Waals surface area (Å²) in [6.45, 7) is 0.281. The molecule has 0 fully saturated rings. The van der Waals surface area contributed by atoms with E-state index in [0.717, 1.165) is 5.69 Å². The van der Waals surface area contributed by atoms with Crippen LogP contribution in [0.2, 0.25) is 0 Å². The number of aromatic nitrogens is 2. The average molecular weight is 165 g/mol. The Morgan fingerprint density at radius 2 is 2.42 bits per heavy atom. The highest BCUT2D eigenvalue weighted by Gasteiger charge is 2.00. The number of rotatable bonds is 2. The summed E-state index contributed by atoms with van der Waals surface area (Å²) in [6.07, 6.45) is 1.35. The number of nitrogens with two attached hydrogens (primary N) is 1. The number of nitrogens with zero attached hydrogens (tertiary/aromatic N) is 2. The second-order valence-electron chi connectivity index (χ2n) is 2.29. The van der Waals surface area contributed by atoms with Crippen LogP contribution >= 0.6 is 0 Å². The van der Waals surface area contributed by atoms with E-state index < -0.39 is 0 Å². The molecule has 2 aromatic rings. The first-order valence-electron chi connectivity index (χ1n) is 3.41. The number of fused-ring (bicyclic) bond motifs is 1. The maximum atomic E-state index is 5.01. The SMILES string of the molecule is NOCc1ccc2ocnc2n1. The Bertz CT molecular complexity index is 385. The Labute approximate surface area is 68.1 Å². The minimum absolute atomic E-state index is 0.281. The summed E-state index contributed by atoms with van der Waals surface area (Å²) < 4.78 is 5.01. The molecule has 5 heteroatoms. The van der Waals surface area contributed by atoms with Crippen LogP contribution in [0.25, 0.3) is 11.2 Å². The standard InChI is InChI=1S/C7H7N3O2/c8-12-3-5-1-2-6-7(10-5)9-4-11-6/h1-2,4H,3,8H2. The van der Waals surface area contributed by atoms with Crippen molar-refractivity contribution in [2.45, 2.75) is 6.61 Å². The normalized spacial score (nSPS) is 10.8. The van der Waals surface area contributed by atoms with Crippen LogP contribution in [0.5, 0.6) is 0 Å². The Morgan fingerprint density at radius 3 is 3.25 bits per heavy atom. The molecule has 0 saturated heterocycles. The van der Waals surface area contributed by atoms with Crippen molar-refractivity contribution in [3.63, 3.8) is 0 Å². The van der Waals surface area contributed by atoms with Crippen LogP contribution in [-0.2, 0) is 11.4 Å². The monoisotopic (exact) mass is 165 g/mol.